The molecular weight excluding hydrogens is 409 g/mol. The predicted molar refractivity (Wildman–Crippen MR) is 110 cm³/mol. The molecule has 1 aliphatic carbocycles. The van der Waals surface area contributed by atoms with Crippen LogP contribution in [0.25, 0.3) is 5.70 Å². The standard InChI is InChI=1S/C19H24Cl2F2N4O/c1-12-25-16(26-8-3-6-19(24,7-9-26)11-15(22)23)10-17(28)27(12)14-5-2-4-13(20)18(14)21/h2,4-5,10,13,15,18H,3,6-9,11,24H2,1H3/t13?,18?,19-/m1/s1. The van der Waals surface area contributed by atoms with Crippen molar-refractivity contribution in [2.24, 2.45) is 5.73 Å². The summed E-state index contributed by atoms with van der Waals surface area (Å²) in [6.45, 7) is 2.83. The molecule has 2 aliphatic rings. The smallest absolute Gasteiger partial charge is 0.259 e. The molecule has 0 saturated carbocycles. The molecule has 3 rings (SSSR count). The molecule has 0 spiro atoms. The molecule has 28 heavy (non-hydrogen) atoms. The first-order valence-electron chi connectivity index (χ1n) is 9.30. The molecule has 154 valence electrons. The van der Waals surface area contributed by atoms with E-state index < -0.39 is 22.7 Å². The summed E-state index contributed by atoms with van der Waals surface area (Å²) >= 11 is 12.6. The van der Waals surface area contributed by atoms with Crippen molar-refractivity contribution in [2.75, 3.05) is 18.0 Å². The Morgan fingerprint density at radius 3 is 2.79 bits per heavy atom. The molecular formula is C19H24Cl2F2N4O. The van der Waals surface area contributed by atoms with Crippen LogP contribution in [0.4, 0.5) is 14.6 Å². The molecule has 0 amide bonds. The molecule has 1 aromatic rings. The molecule has 0 radical (unpaired) electrons. The van der Waals surface area contributed by atoms with Crippen LogP contribution in [0, 0.1) is 6.92 Å². The number of alkyl halides is 4. The average Bonchev–Trinajstić information content (AvgIpc) is 2.79. The van der Waals surface area contributed by atoms with Gasteiger partial charge < -0.3 is 10.6 Å². The van der Waals surface area contributed by atoms with Gasteiger partial charge in [0.15, 0.2) is 0 Å². The number of hydrogen-bond acceptors (Lipinski definition) is 4. The van der Waals surface area contributed by atoms with Gasteiger partial charge in [0.05, 0.1) is 10.8 Å². The van der Waals surface area contributed by atoms with Gasteiger partial charge in [-0.05, 0) is 32.3 Å². The molecule has 9 heteroatoms. The summed E-state index contributed by atoms with van der Waals surface area (Å²) < 4.78 is 27.1. The maximum atomic E-state index is 12.8. The van der Waals surface area contributed by atoms with E-state index in [9.17, 15) is 13.6 Å². The first kappa shape index (κ1) is 21.3. The van der Waals surface area contributed by atoms with Gasteiger partial charge in [0.2, 0.25) is 6.43 Å². The number of anilines is 1. The number of aryl methyl sites for hydroxylation is 1. The van der Waals surface area contributed by atoms with Gasteiger partial charge >= 0.3 is 0 Å². The molecule has 1 aromatic heterocycles. The van der Waals surface area contributed by atoms with Crippen molar-refractivity contribution in [3.05, 3.63) is 40.5 Å². The zero-order valence-electron chi connectivity index (χ0n) is 15.6. The van der Waals surface area contributed by atoms with E-state index in [4.69, 9.17) is 28.9 Å². The third-order valence-corrected chi connectivity index (χ3v) is 6.34. The first-order chi connectivity index (χ1) is 13.2. The highest BCUT2D eigenvalue weighted by atomic mass is 35.5. The normalized spacial score (nSPS) is 28.4. The number of nitrogens with zero attached hydrogens (tertiary/aromatic N) is 3. The van der Waals surface area contributed by atoms with E-state index in [2.05, 4.69) is 4.98 Å². The van der Waals surface area contributed by atoms with Crippen molar-refractivity contribution in [1.29, 1.82) is 0 Å². The second-order valence-electron chi connectivity index (χ2n) is 7.46. The number of nitrogens with two attached hydrogens (primary N) is 1. The van der Waals surface area contributed by atoms with E-state index in [0.717, 1.165) is 0 Å². The van der Waals surface area contributed by atoms with Gasteiger partial charge in [-0.3, -0.25) is 9.36 Å². The van der Waals surface area contributed by atoms with Gasteiger partial charge in [0, 0.05) is 36.8 Å². The lowest BCUT2D eigenvalue weighted by Crippen LogP contribution is -2.42. The summed E-state index contributed by atoms with van der Waals surface area (Å²) in [5, 5.41) is -0.952. The molecule has 2 heterocycles. The van der Waals surface area contributed by atoms with Gasteiger partial charge in [-0.15, -0.1) is 23.2 Å². The first-order valence-corrected chi connectivity index (χ1v) is 10.2. The zero-order chi connectivity index (χ0) is 20.5. The predicted octanol–water partition coefficient (Wildman–Crippen LogP) is 3.52. The largest absolute Gasteiger partial charge is 0.356 e. The lowest BCUT2D eigenvalue weighted by atomic mass is 9.88. The van der Waals surface area contributed by atoms with Crippen LogP contribution in [0.5, 0.6) is 0 Å². The number of aromatic nitrogens is 2. The molecule has 1 aliphatic heterocycles. The molecule has 2 N–H and O–H groups in total. The highest BCUT2D eigenvalue weighted by Gasteiger charge is 2.32. The number of halogens is 4. The Labute approximate surface area is 172 Å². The van der Waals surface area contributed by atoms with Gasteiger partial charge in [0.25, 0.3) is 5.56 Å². The minimum absolute atomic E-state index is 0.255. The summed E-state index contributed by atoms with van der Waals surface area (Å²) in [5.74, 6) is 1.02. The zero-order valence-corrected chi connectivity index (χ0v) is 17.1. The van der Waals surface area contributed by atoms with Gasteiger partial charge in [0.1, 0.15) is 11.6 Å². The molecule has 0 aromatic carbocycles. The molecule has 1 saturated heterocycles. The van der Waals surface area contributed by atoms with E-state index in [0.29, 0.717) is 49.7 Å². The summed E-state index contributed by atoms with van der Waals surface area (Å²) in [6, 6.07) is 1.45. The average molecular weight is 433 g/mol. The van der Waals surface area contributed by atoms with Gasteiger partial charge in [-0.1, -0.05) is 12.2 Å². The molecule has 5 nitrogen and oxygen atoms in total. The van der Waals surface area contributed by atoms with Gasteiger partial charge in [-0.25, -0.2) is 13.8 Å². The van der Waals surface area contributed by atoms with E-state index in [-0.39, 0.29) is 12.0 Å². The topological polar surface area (TPSA) is 64.2 Å². The third kappa shape index (κ3) is 4.58. The second kappa shape index (κ2) is 8.51. The van der Waals surface area contributed by atoms with Crippen LogP contribution in [-0.2, 0) is 0 Å². The van der Waals surface area contributed by atoms with Crippen molar-refractivity contribution < 1.29 is 8.78 Å². The SMILES string of the molecule is Cc1nc(N2CCC[C@](N)(CC(F)F)CC2)cc(=O)n1C1=CC=CC(Cl)C1Cl. The van der Waals surface area contributed by atoms with Crippen molar-refractivity contribution in [3.8, 4) is 0 Å². The minimum Gasteiger partial charge on any atom is -0.356 e. The van der Waals surface area contributed by atoms with Crippen LogP contribution in [0.2, 0.25) is 0 Å². The van der Waals surface area contributed by atoms with Crippen molar-refractivity contribution in [2.45, 2.75) is 55.3 Å². The quantitative estimate of drug-likeness (QED) is 0.739. The maximum absolute atomic E-state index is 12.8. The van der Waals surface area contributed by atoms with Crippen LogP contribution in [0.15, 0.2) is 29.1 Å². The van der Waals surface area contributed by atoms with Gasteiger partial charge in [-0.2, -0.15) is 0 Å². The Hall–Kier alpha value is -1.44. The minimum atomic E-state index is -2.42. The van der Waals surface area contributed by atoms with Crippen LogP contribution < -0.4 is 16.2 Å². The van der Waals surface area contributed by atoms with E-state index >= 15 is 0 Å². The fraction of sp³-hybridized carbons (Fsp3) is 0.579. The maximum Gasteiger partial charge on any atom is 0.259 e. The monoisotopic (exact) mass is 432 g/mol. The fourth-order valence-corrected chi connectivity index (χ4v) is 4.29. The van der Waals surface area contributed by atoms with E-state index in [1.54, 1.807) is 25.2 Å². The number of rotatable bonds is 4. The van der Waals surface area contributed by atoms with Crippen LogP contribution in [-0.4, -0.2) is 45.4 Å². The molecule has 1 fully saturated rings. The van der Waals surface area contributed by atoms with E-state index in [1.165, 1.54) is 10.6 Å². The highest BCUT2D eigenvalue weighted by Crippen LogP contribution is 2.29. The molecule has 3 atom stereocenters. The van der Waals surface area contributed by atoms with E-state index in [1.807, 2.05) is 4.90 Å². The Balaban J connectivity index is 1.84. The fourth-order valence-electron chi connectivity index (χ4n) is 3.83. The van der Waals surface area contributed by atoms with Crippen molar-refractivity contribution in [3.63, 3.8) is 0 Å². The Morgan fingerprint density at radius 1 is 1.36 bits per heavy atom. The molecule has 0 bridgehead atoms. The Kier molecular flexibility index (Phi) is 6.47. The van der Waals surface area contributed by atoms with Crippen LogP contribution in [0.3, 0.4) is 0 Å². The van der Waals surface area contributed by atoms with Crippen LogP contribution >= 0.6 is 23.2 Å². The number of allylic oxidation sites excluding steroid dienone is 4. The summed E-state index contributed by atoms with van der Waals surface area (Å²) in [5.41, 5.74) is 5.62. The lowest BCUT2D eigenvalue weighted by Gasteiger charge is -2.28. The number of hydrogen-bond donors (Lipinski definition) is 1. The van der Waals surface area contributed by atoms with Crippen LogP contribution in [0.1, 0.15) is 31.5 Å². The Bertz CT molecular complexity index is 842. The summed E-state index contributed by atoms with van der Waals surface area (Å²) in [7, 11) is 0. The van der Waals surface area contributed by atoms with Crippen molar-refractivity contribution >= 4 is 34.7 Å². The molecule has 2 unspecified atom stereocenters. The highest BCUT2D eigenvalue weighted by molar-refractivity contribution is 6.34. The third-order valence-electron chi connectivity index (χ3n) is 5.32. The lowest BCUT2D eigenvalue weighted by molar-refractivity contribution is 0.0999. The summed E-state index contributed by atoms with van der Waals surface area (Å²) in [4.78, 5) is 19.3. The Morgan fingerprint density at radius 2 is 2.11 bits per heavy atom. The summed E-state index contributed by atoms with van der Waals surface area (Å²) in [6.07, 6.45) is 4.17. The van der Waals surface area contributed by atoms with Crippen molar-refractivity contribution in [1.82, 2.24) is 9.55 Å². The second-order valence-corrected chi connectivity index (χ2v) is 8.43.